The Balaban J connectivity index is 2.47. The Labute approximate surface area is 107 Å². The highest BCUT2D eigenvalue weighted by Crippen LogP contribution is 2.30. The standard InChI is InChI=1S/C11H18N2O2S2/c1-11(2,3)9-6-12-10(16)13(9)8-4-5-17(14,15)7-8/h6,8H,4-5,7H2,1-3H3,(H,12,16). The number of nitrogens with zero attached hydrogens (tertiary/aromatic N) is 1. The molecule has 1 atom stereocenters. The van der Waals surface area contributed by atoms with Gasteiger partial charge in [0, 0.05) is 17.3 Å². The minimum Gasteiger partial charge on any atom is -0.337 e. The van der Waals surface area contributed by atoms with Gasteiger partial charge in [0.15, 0.2) is 14.6 Å². The molecule has 2 rings (SSSR count). The molecule has 0 aliphatic carbocycles. The molecule has 1 aliphatic rings. The Bertz CT molecular complexity index is 575. The molecular formula is C11H18N2O2S2. The Morgan fingerprint density at radius 1 is 1.47 bits per heavy atom. The monoisotopic (exact) mass is 274 g/mol. The molecule has 1 saturated heterocycles. The van der Waals surface area contributed by atoms with Crippen molar-refractivity contribution in [2.24, 2.45) is 0 Å². The highest BCUT2D eigenvalue weighted by molar-refractivity contribution is 7.91. The van der Waals surface area contributed by atoms with Crippen LogP contribution in [-0.2, 0) is 15.3 Å². The van der Waals surface area contributed by atoms with E-state index in [1.54, 1.807) is 0 Å². The van der Waals surface area contributed by atoms with Crippen LogP contribution < -0.4 is 0 Å². The molecule has 0 aromatic carbocycles. The molecule has 0 saturated carbocycles. The second-order valence-electron chi connectivity index (χ2n) is 5.66. The van der Waals surface area contributed by atoms with Crippen LogP contribution in [0.5, 0.6) is 0 Å². The van der Waals surface area contributed by atoms with Crippen LogP contribution in [0.3, 0.4) is 0 Å². The van der Waals surface area contributed by atoms with E-state index >= 15 is 0 Å². The van der Waals surface area contributed by atoms with Crippen LogP contribution in [-0.4, -0.2) is 29.5 Å². The Hall–Kier alpha value is -0.620. The summed E-state index contributed by atoms with van der Waals surface area (Å²) in [6.07, 6.45) is 2.56. The third-order valence-electron chi connectivity index (χ3n) is 3.15. The number of rotatable bonds is 1. The first kappa shape index (κ1) is 12.8. The highest BCUT2D eigenvalue weighted by atomic mass is 32.2. The zero-order valence-corrected chi connectivity index (χ0v) is 12.0. The zero-order chi connectivity index (χ0) is 12.8. The molecule has 0 bridgehead atoms. The van der Waals surface area contributed by atoms with Crippen molar-refractivity contribution in [2.45, 2.75) is 38.6 Å². The molecule has 1 aromatic rings. The topological polar surface area (TPSA) is 54.9 Å². The number of imidazole rings is 1. The maximum absolute atomic E-state index is 11.6. The molecule has 6 heteroatoms. The Kier molecular flexibility index (Phi) is 2.98. The molecule has 1 unspecified atom stereocenters. The van der Waals surface area contributed by atoms with Gasteiger partial charge in [-0.1, -0.05) is 20.8 Å². The first-order chi connectivity index (χ1) is 7.71. The summed E-state index contributed by atoms with van der Waals surface area (Å²) in [4.78, 5) is 3.03. The van der Waals surface area contributed by atoms with Crippen LogP contribution in [0.15, 0.2) is 6.20 Å². The molecule has 1 fully saturated rings. The molecular weight excluding hydrogens is 256 g/mol. The Morgan fingerprint density at radius 2 is 2.12 bits per heavy atom. The fourth-order valence-electron chi connectivity index (χ4n) is 2.30. The van der Waals surface area contributed by atoms with Gasteiger partial charge in [-0.15, -0.1) is 0 Å². The lowest BCUT2D eigenvalue weighted by atomic mass is 9.92. The molecule has 96 valence electrons. The zero-order valence-electron chi connectivity index (χ0n) is 10.4. The molecule has 2 heterocycles. The average Bonchev–Trinajstić information content (AvgIpc) is 2.67. The van der Waals surface area contributed by atoms with E-state index in [2.05, 4.69) is 25.8 Å². The maximum atomic E-state index is 11.6. The van der Waals surface area contributed by atoms with E-state index in [0.717, 1.165) is 5.69 Å². The van der Waals surface area contributed by atoms with Crippen molar-refractivity contribution in [3.05, 3.63) is 16.7 Å². The van der Waals surface area contributed by atoms with Gasteiger partial charge in [-0.25, -0.2) is 8.42 Å². The first-order valence-electron chi connectivity index (χ1n) is 5.71. The number of sulfone groups is 1. The maximum Gasteiger partial charge on any atom is 0.177 e. The quantitative estimate of drug-likeness (QED) is 0.799. The number of H-pyrrole nitrogens is 1. The van der Waals surface area contributed by atoms with Crippen molar-refractivity contribution in [1.29, 1.82) is 0 Å². The summed E-state index contributed by atoms with van der Waals surface area (Å²) >= 11 is 5.27. The third-order valence-corrected chi connectivity index (χ3v) is 5.22. The van der Waals surface area contributed by atoms with Gasteiger partial charge < -0.3 is 9.55 Å². The van der Waals surface area contributed by atoms with E-state index in [1.807, 2.05) is 10.8 Å². The number of aromatic nitrogens is 2. The second kappa shape index (κ2) is 3.95. The number of aromatic amines is 1. The summed E-state index contributed by atoms with van der Waals surface area (Å²) in [7, 11) is -2.88. The van der Waals surface area contributed by atoms with Gasteiger partial charge in [0.1, 0.15) is 0 Å². The first-order valence-corrected chi connectivity index (χ1v) is 7.94. The molecule has 17 heavy (non-hydrogen) atoms. The molecule has 0 spiro atoms. The van der Waals surface area contributed by atoms with Crippen LogP contribution >= 0.6 is 12.2 Å². The van der Waals surface area contributed by atoms with Gasteiger partial charge >= 0.3 is 0 Å². The van der Waals surface area contributed by atoms with Crippen LogP contribution in [0, 0.1) is 4.77 Å². The van der Waals surface area contributed by atoms with Crippen molar-refractivity contribution in [3.8, 4) is 0 Å². The number of hydrogen-bond donors (Lipinski definition) is 1. The SMILES string of the molecule is CC(C)(C)c1c[nH]c(=S)n1C1CCS(=O)(=O)C1. The molecule has 1 aliphatic heterocycles. The van der Waals surface area contributed by atoms with E-state index in [1.165, 1.54) is 0 Å². The van der Waals surface area contributed by atoms with Crippen molar-refractivity contribution in [3.63, 3.8) is 0 Å². The van der Waals surface area contributed by atoms with Crippen LogP contribution in [0.2, 0.25) is 0 Å². The normalized spacial score (nSPS) is 24.1. The number of hydrogen-bond acceptors (Lipinski definition) is 3. The lowest BCUT2D eigenvalue weighted by molar-refractivity contribution is 0.465. The van der Waals surface area contributed by atoms with Gasteiger partial charge in [-0.05, 0) is 18.6 Å². The molecule has 4 nitrogen and oxygen atoms in total. The average molecular weight is 274 g/mol. The van der Waals surface area contributed by atoms with Crippen molar-refractivity contribution >= 4 is 22.1 Å². The highest BCUT2D eigenvalue weighted by Gasteiger charge is 2.32. The molecule has 1 aromatic heterocycles. The van der Waals surface area contributed by atoms with Gasteiger partial charge in [-0.3, -0.25) is 0 Å². The lowest BCUT2D eigenvalue weighted by Crippen LogP contribution is -2.21. The summed E-state index contributed by atoms with van der Waals surface area (Å²) in [5.74, 6) is 0.483. The third kappa shape index (κ3) is 2.47. The van der Waals surface area contributed by atoms with Gasteiger partial charge in [-0.2, -0.15) is 0 Å². The second-order valence-corrected chi connectivity index (χ2v) is 8.27. The van der Waals surface area contributed by atoms with E-state index < -0.39 is 9.84 Å². The van der Waals surface area contributed by atoms with Crippen LogP contribution in [0.25, 0.3) is 0 Å². The van der Waals surface area contributed by atoms with Crippen LogP contribution in [0.4, 0.5) is 0 Å². The van der Waals surface area contributed by atoms with E-state index in [-0.39, 0.29) is 23.0 Å². The fourth-order valence-corrected chi connectivity index (χ4v) is 4.30. The smallest absolute Gasteiger partial charge is 0.177 e. The van der Waals surface area contributed by atoms with Gasteiger partial charge in [0.25, 0.3) is 0 Å². The van der Waals surface area contributed by atoms with Crippen molar-refractivity contribution in [2.75, 3.05) is 11.5 Å². The largest absolute Gasteiger partial charge is 0.337 e. The van der Waals surface area contributed by atoms with Crippen molar-refractivity contribution in [1.82, 2.24) is 9.55 Å². The van der Waals surface area contributed by atoms with E-state index in [9.17, 15) is 8.42 Å². The summed E-state index contributed by atoms with van der Waals surface area (Å²) < 4.78 is 25.7. The van der Waals surface area contributed by atoms with E-state index in [4.69, 9.17) is 12.2 Å². The molecule has 0 radical (unpaired) electrons. The van der Waals surface area contributed by atoms with Gasteiger partial charge in [0.05, 0.1) is 17.5 Å². The fraction of sp³-hybridized carbons (Fsp3) is 0.727. The summed E-state index contributed by atoms with van der Waals surface area (Å²) in [6.45, 7) is 6.31. The summed E-state index contributed by atoms with van der Waals surface area (Å²) in [6, 6.07) is -0.00650. The minimum atomic E-state index is -2.88. The summed E-state index contributed by atoms with van der Waals surface area (Å²) in [5, 5.41) is 0. The van der Waals surface area contributed by atoms with Crippen LogP contribution in [0.1, 0.15) is 38.9 Å². The summed E-state index contributed by atoms with van der Waals surface area (Å²) in [5.41, 5.74) is 1.03. The lowest BCUT2D eigenvalue weighted by Gasteiger charge is -2.23. The predicted octanol–water partition coefficient (Wildman–Crippen LogP) is 2.20. The predicted molar refractivity (Wildman–Crippen MR) is 70.6 cm³/mol. The van der Waals surface area contributed by atoms with Crippen molar-refractivity contribution < 1.29 is 8.42 Å². The minimum absolute atomic E-state index is 0.00650. The number of nitrogens with one attached hydrogen (secondary N) is 1. The molecule has 1 N–H and O–H groups in total. The molecule has 0 amide bonds. The Morgan fingerprint density at radius 3 is 2.59 bits per heavy atom. The van der Waals surface area contributed by atoms with E-state index in [0.29, 0.717) is 11.2 Å². The van der Waals surface area contributed by atoms with Gasteiger partial charge in [0.2, 0.25) is 0 Å².